The van der Waals surface area contributed by atoms with Crippen LogP contribution in [0.1, 0.15) is 53.0 Å². The van der Waals surface area contributed by atoms with E-state index in [0.29, 0.717) is 13.2 Å². The third-order valence-corrected chi connectivity index (χ3v) is 3.63. The average molecular weight is 293 g/mol. The number of ether oxygens (including phenoxy) is 2. The second-order valence-corrected chi connectivity index (χ2v) is 6.57. The Morgan fingerprint density at radius 3 is 2.38 bits per heavy atom. The summed E-state index contributed by atoms with van der Waals surface area (Å²) in [5, 5.41) is 0. The number of benzene rings is 1. The first kappa shape index (κ1) is 17.8. The molecule has 0 saturated carbocycles. The third kappa shape index (κ3) is 5.96. The predicted octanol–water partition coefficient (Wildman–Crippen LogP) is 4.18. The van der Waals surface area contributed by atoms with Crippen LogP contribution in [-0.2, 0) is 6.42 Å². The van der Waals surface area contributed by atoms with Gasteiger partial charge in [0.25, 0.3) is 0 Å². The largest absolute Gasteiger partial charge is 0.490 e. The molecule has 1 aromatic carbocycles. The smallest absolute Gasteiger partial charge is 0.161 e. The van der Waals surface area contributed by atoms with E-state index in [1.165, 1.54) is 5.56 Å². The van der Waals surface area contributed by atoms with Crippen molar-refractivity contribution < 1.29 is 9.47 Å². The van der Waals surface area contributed by atoms with E-state index in [1.54, 1.807) is 0 Å². The van der Waals surface area contributed by atoms with Gasteiger partial charge >= 0.3 is 0 Å². The van der Waals surface area contributed by atoms with Crippen molar-refractivity contribution in [1.29, 1.82) is 0 Å². The van der Waals surface area contributed by atoms with Gasteiger partial charge in [0.2, 0.25) is 0 Å². The van der Waals surface area contributed by atoms with Crippen molar-refractivity contribution in [2.45, 2.75) is 59.9 Å². The molecule has 0 aliphatic heterocycles. The zero-order valence-electron chi connectivity index (χ0n) is 14.2. The molecule has 0 heterocycles. The van der Waals surface area contributed by atoms with Gasteiger partial charge in [-0.1, -0.05) is 33.8 Å². The van der Waals surface area contributed by atoms with Gasteiger partial charge in [-0.25, -0.2) is 0 Å². The predicted molar refractivity (Wildman–Crippen MR) is 89.1 cm³/mol. The molecule has 0 spiro atoms. The van der Waals surface area contributed by atoms with Crippen LogP contribution in [0.5, 0.6) is 11.5 Å². The molecule has 0 aliphatic rings. The maximum Gasteiger partial charge on any atom is 0.161 e. The van der Waals surface area contributed by atoms with Crippen molar-refractivity contribution in [3.8, 4) is 11.5 Å². The summed E-state index contributed by atoms with van der Waals surface area (Å²) in [7, 11) is 0. The second-order valence-electron chi connectivity index (χ2n) is 6.57. The van der Waals surface area contributed by atoms with Gasteiger partial charge in [-0.05, 0) is 49.3 Å². The Hall–Kier alpha value is -1.22. The zero-order valence-corrected chi connectivity index (χ0v) is 14.2. The first-order valence-electron chi connectivity index (χ1n) is 8.02. The average Bonchev–Trinajstić information content (AvgIpc) is 2.43. The van der Waals surface area contributed by atoms with Crippen LogP contribution in [0.4, 0.5) is 0 Å². The molecule has 2 N–H and O–H groups in total. The lowest BCUT2D eigenvalue weighted by atomic mass is 9.84. The summed E-state index contributed by atoms with van der Waals surface area (Å²) in [5.41, 5.74) is 7.63. The van der Waals surface area contributed by atoms with Crippen molar-refractivity contribution in [2.24, 2.45) is 11.1 Å². The van der Waals surface area contributed by atoms with Crippen LogP contribution in [-0.4, -0.2) is 19.3 Å². The van der Waals surface area contributed by atoms with Crippen LogP contribution in [0.2, 0.25) is 0 Å². The van der Waals surface area contributed by atoms with Crippen molar-refractivity contribution in [3.05, 3.63) is 23.8 Å². The standard InChI is InChI=1S/C18H31NO2/c1-6-12-21-15-10-8-14(13-16(15)20-7-2)9-11-17(19)18(3,4)5/h8,10,13,17H,6-7,9,11-12,19H2,1-5H3. The number of hydrogen-bond acceptors (Lipinski definition) is 3. The van der Waals surface area contributed by atoms with Gasteiger partial charge in [-0.15, -0.1) is 0 Å². The van der Waals surface area contributed by atoms with E-state index in [9.17, 15) is 0 Å². The molecule has 1 unspecified atom stereocenters. The Balaban J connectivity index is 2.73. The molecular weight excluding hydrogens is 262 g/mol. The SMILES string of the molecule is CCCOc1ccc(CCC(N)C(C)(C)C)cc1OCC. The quantitative estimate of drug-likeness (QED) is 0.782. The summed E-state index contributed by atoms with van der Waals surface area (Å²) >= 11 is 0. The van der Waals surface area contributed by atoms with Crippen molar-refractivity contribution in [2.75, 3.05) is 13.2 Å². The number of aryl methyl sites for hydroxylation is 1. The van der Waals surface area contributed by atoms with Gasteiger partial charge in [-0.2, -0.15) is 0 Å². The number of hydrogen-bond donors (Lipinski definition) is 1. The molecule has 0 fully saturated rings. The lowest BCUT2D eigenvalue weighted by molar-refractivity contribution is 0.276. The highest BCUT2D eigenvalue weighted by molar-refractivity contribution is 5.43. The van der Waals surface area contributed by atoms with Crippen molar-refractivity contribution >= 4 is 0 Å². The van der Waals surface area contributed by atoms with Crippen LogP contribution >= 0.6 is 0 Å². The van der Waals surface area contributed by atoms with Gasteiger partial charge in [0.1, 0.15) is 0 Å². The van der Waals surface area contributed by atoms with Crippen LogP contribution in [0.25, 0.3) is 0 Å². The van der Waals surface area contributed by atoms with E-state index >= 15 is 0 Å². The molecule has 21 heavy (non-hydrogen) atoms. The number of nitrogens with two attached hydrogens (primary N) is 1. The first-order chi connectivity index (χ1) is 9.88. The lowest BCUT2D eigenvalue weighted by Gasteiger charge is -2.27. The molecule has 3 heteroatoms. The molecule has 120 valence electrons. The molecule has 1 atom stereocenters. The monoisotopic (exact) mass is 293 g/mol. The molecule has 0 aromatic heterocycles. The van der Waals surface area contributed by atoms with Crippen LogP contribution < -0.4 is 15.2 Å². The van der Waals surface area contributed by atoms with Gasteiger partial charge in [0, 0.05) is 6.04 Å². The summed E-state index contributed by atoms with van der Waals surface area (Å²) in [6.45, 7) is 12.0. The molecule has 1 rings (SSSR count). The first-order valence-corrected chi connectivity index (χ1v) is 8.02. The van der Waals surface area contributed by atoms with Crippen LogP contribution in [0, 0.1) is 5.41 Å². The Morgan fingerprint density at radius 1 is 1.10 bits per heavy atom. The fourth-order valence-electron chi connectivity index (χ4n) is 2.06. The highest BCUT2D eigenvalue weighted by atomic mass is 16.5. The summed E-state index contributed by atoms with van der Waals surface area (Å²) in [6, 6.07) is 6.41. The molecular formula is C18H31NO2. The summed E-state index contributed by atoms with van der Waals surface area (Å²) in [4.78, 5) is 0. The minimum atomic E-state index is 0.146. The fraction of sp³-hybridized carbons (Fsp3) is 0.667. The maximum atomic E-state index is 6.23. The van der Waals surface area contributed by atoms with E-state index in [4.69, 9.17) is 15.2 Å². The Morgan fingerprint density at radius 2 is 1.81 bits per heavy atom. The van der Waals surface area contributed by atoms with E-state index in [2.05, 4.69) is 39.8 Å². The molecule has 0 aliphatic carbocycles. The number of rotatable bonds is 8. The van der Waals surface area contributed by atoms with Crippen molar-refractivity contribution in [3.63, 3.8) is 0 Å². The maximum absolute atomic E-state index is 6.23. The Kier molecular flexibility index (Phi) is 7.03. The van der Waals surface area contributed by atoms with Gasteiger partial charge in [0.05, 0.1) is 13.2 Å². The van der Waals surface area contributed by atoms with Gasteiger partial charge < -0.3 is 15.2 Å². The fourth-order valence-corrected chi connectivity index (χ4v) is 2.06. The Labute approximate surface area is 129 Å². The van der Waals surface area contributed by atoms with E-state index in [1.807, 2.05) is 13.0 Å². The molecule has 0 radical (unpaired) electrons. The minimum Gasteiger partial charge on any atom is -0.490 e. The third-order valence-electron chi connectivity index (χ3n) is 3.63. The minimum absolute atomic E-state index is 0.146. The summed E-state index contributed by atoms with van der Waals surface area (Å²) in [5.74, 6) is 1.68. The lowest BCUT2D eigenvalue weighted by Crippen LogP contribution is -2.35. The van der Waals surface area contributed by atoms with E-state index < -0.39 is 0 Å². The van der Waals surface area contributed by atoms with Crippen molar-refractivity contribution in [1.82, 2.24) is 0 Å². The normalized spacial score (nSPS) is 13.0. The highest BCUT2D eigenvalue weighted by Crippen LogP contribution is 2.30. The molecule has 0 bridgehead atoms. The summed E-state index contributed by atoms with van der Waals surface area (Å²) in [6.07, 6.45) is 2.94. The summed E-state index contributed by atoms with van der Waals surface area (Å²) < 4.78 is 11.4. The van der Waals surface area contributed by atoms with Gasteiger partial charge in [0.15, 0.2) is 11.5 Å². The molecule has 1 aromatic rings. The molecule has 0 saturated heterocycles. The topological polar surface area (TPSA) is 44.5 Å². The van der Waals surface area contributed by atoms with E-state index in [-0.39, 0.29) is 11.5 Å². The Bertz CT molecular complexity index is 424. The highest BCUT2D eigenvalue weighted by Gasteiger charge is 2.20. The van der Waals surface area contributed by atoms with Crippen LogP contribution in [0.3, 0.4) is 0 Å². The second kappa shape index (κ2) is 8.28. The van der Waals surface area contributed by atoms with Crippen LogP contribution in [0.15, 0.2) is 18.2 Å². The molecule has 0 amide bonds. The molecule has 3 nitrogen and oxygen atoms in total. The van der Waals surface area contributed by atoms with Gasteiger partial charge in [-0.3, -0.25) is 0 Å². The van der Waals surface area contributed by atoms with E-state index in [0.717, 1.165) is 30.8 Å². The zero-order chi connectivity index (χ0) is 15.9.